The van der Waals surface area contributed by atoms with E-state index < -0.39 is 5.97 Å². The summed E-state index contributed by atoms with van der Waals surface area (Å²) in [6.45, 7) is 0.586. The Labute approximate surface area is 166 Å². The van der Waals surface area contributed by atoms with E-state index in [2.05, 4.69) is 5.10 Å². The number of para-hydroxylation sites is 3. The van der Waals surface area contributed by atoms with E-state index in [0.29, 0.717) is 23.8 Å². The second kappa shape index (κ2) is 7.67. The summed E-state index contributed by atoms with van der Waals surface area (Å²) < 4.78 is 12.9. The number of amides is 1. The average Bonchev–Trinajstić information content (AvgIpc) is 3.19. The number of fused-ring (bicyclic) bond motifs is 1. The molecular weight excluding hydrogens is 374 g/mol. The highest BCUT2D eigenvalue weighted by Gasteiger charge is 2.27. The molecule has 2 aromatic carbocycles. The predicted molar refractivity (Wildman–Crippen MR) is 104 cm³/mol. The summed E-state index contributed by atoms with van der Waals surface area (Å²) in [7, 11) is 1.63. The maximum absolute atomic E-state index is 13.1. The van der Waals surface area contributed by atoms with Crippen LogP contribution in [0.5, 0.6) is 11.5 Å². The Hall–Kier alpha value is -3.81. The Morgan fingerprint density at radius 2 is 1.83 bits per heavy atom. The number of hydrogen-bond acceptors (Lipinski definition) is 5. The molecule has 3 aromatic rings. The van der Waals surface area contributed by atoms with E-state index in [1.54, 1.807) is 31.3 Å². The van der Waals surface area contributed by atoms with Crippen LogP contribution in [0.2, 0.25) is 0 Å². The molecule has 1 amide bonds. The Kier molecular flexibility index (Phi) is 4.90. The molecule has 2 heterocycles. The smallest absolute Gasteiger partial charge is 0.356 e. The predicted octanol–water partition coefficient (Wildman–Crippen LogP) is 2.48. The lowest BCUT2D eigenvalue weighted by Crippen LogP contribution is -2.42. The number of rotatable bonds is 5. The molecule has 8 heteroatoms. The lowest BCUT2D eigenvalue weighted by molar-refractivity contribution is 0.0515. The number of nitrogens with zero attached hydrogens (tertiary/aromatic N) is 3. The molecular formula is C21H19N3O5. The molecule has 0 fully saturated rings. The van der Waals surface area contributed by atoms with Gasteiger partial charge in [-0.25, -0.2) is 9.48 Å². The molecule has 0 spiro atoms. The van der Waals surface area contributed by atoms with Gasteiger partial charge < -0.3 is 19.5 Å². The molecule has 0 saturated heterocycles. The van der Waals surface area contributed by atoms with Crippen LogP contribution in [0.15, 0.2) is 60.7 Å². The van der Waals surface area contributed by atoms with Gasteiger partial charge in [0.05, 0.1) is 12.2 Å². The second-order valence-electron chi connectivity index (χ2n) is 6.65. The first-order valence-electron chi connectivity index (χ1n) is 9.05. The highest BCUT2D eigenvalue weighted by atomic mass is 16.6. The van der Waals surface area contributed by atoms with E-state index in [4.69, 9.17) is 9.47 Å². The average molecular weight is 393 g/mol. The summed E-state index contributed by atoms with van der Waals surface area (Å²) >= 11 is 0. The van der Waals surface area contributed by atoms with Crippen molar-refractivity contribution in [1.29, 1.82) is 0 Å². The maximum atomic E-state index is 13.1. The molecule has 1 aliphatic heterocycles. The summed E-state index contributed by atoms with van der Waals surface area (Å²) in [6, 6.07) is 17.6. The van der Waals surface area contributed by atoms with E-state index in [1.807, 2.05) is 30.3 Å². The molecule has 1 aliphatic rings. The van der Waals surface area contributed by atoms with Crippen LogP contribution in [0.3, 0.4) is 0 Å². The Morgan fingerprint density at radius 3 is 2.55 bits per heavy atom. The number of aromatic nitrogens is 2. The highest BCUT2D eigenvalue weighted by Crippen LogP contribution is 2.31. The third-order valence-electron chi connectivity index (χ3n) is 4.54. The van der Waals surface area contributed by atoms with Crippen LogP contribution in [-0.2, 0) is 0 Å². The van der Waals surface area contributed by atoms with Crippen molar-refractivity contribution in [2.75, 3.05) is 20.2 Å². The maximum Gasteiger partial charge on any atom is 0.356 e. The largest absolute Gasteiger partial charge is 0.486 e. The SMILES string of the molecule is CN(C[C@H]1COc2ccccc2O1)C(=O)c1cc(C(=O)O)nn1-c1ccccc1. The highest BCUT2D eigenvalue weighted by molar-refractivity contribution is 5.96. The standard InChI is InChI=1S/C21H19N3O5/c1-23(12-15-13-28-18-9-5-6-10-19(18)29-15)20(25)17-11-16(21(26)27)22-24(17)14-7-3-2-4-8-14/h2-11,15H,12-13H2,1H3,(H,26,27)/t15-/m0/s1. The Bertz CT molecular complexity index is 1050. The van der Waals surface area contributed by atoms with Gasteiger partial charge in [0, 0.05) is 13.1 Å². The molecule has 4 rings (SSSR count). The van der Waals surface area contributed by atoms with Gasteiger partial charge in [-0.2, -0.15) is 5.10 Å². The van der Waals surface area contributed by atoms with Crippen molar-refractivity contribution in [1.82, 2.24) is 14.7 Å². The van der Waals surface area contributed by atoms with Crippen LogP contribution < -0.4 is 9.47 Å². The molecule has 29 heavy (non-hydrogen) atoms. The van der Waals surface area contributed by atoms with E-state index in [9.17, 15) is 14.7 Å². The van der Waals surface area contributed by atoms with Crippen LogP contribution in [-0.4, -0.2) is 58.0 Å². The third kappa shape index (κ3) is 3.77. The molecule has 0 unspecified atom stereocenters. The first kappa shape index (κ1) is 18.5. The summed E-state index contributed by atoms with van der Waals surface area (Å²) in [4.78, 5) is 25.9. The topological polar surface area (TPSA) is 93.9 Å². The lowest BCUT2D eigenvalue weighted by Gasteiger charge is -2.29. The number of benzene rings is 2. The number of carbonyl (C=O) groups is 2. The Balaban J connectivity index is 1.55. The monoisotopic (exact) mass is 393 g/mol. The zero-order chi connectivity index (χ0) is 20.4. The van der Waals surface area contributed by atoms with Crippen molar-refractivity contribution in [3.63, 3.8) is 0 Å². The number of hydrogen-bond donors (Lipinski definition) is 1. The number of aromatic carboxylic acids is 1. The minimum Gasteiger partial charge on any atom is -0.486 e. The van der Waals surface area contributed by atoms with Crippen LogP contribution in [0.25, 0.3) is 5.69 Å². The molecule has 0 radical (unpaired) electrons. The zero-order valence-electron chi connectivity index (χ0n) is 15.7. The number of ether oxygens (including phenoxy) is 2. The van der Waals surface area contributed by atoms with Gasteiger partial charge in [-0.3, -0.25) is 4.79 Å². The summed E-state index contributed by atoms with van der Waals surface area (Å²) in [5.41, 5.74) is 0.563. The Morgan fingerprint density at radius 1 is 1.14 bits per heavy atom. The van der Waals surface area contributed by atoms with Crippen LogP contribution in [0.4, 0.5) is 0 Å². The van der Waals surface area contributed by atoms with Crippen molar-refractivity contribution in [3.05, 3.63) is 72.1 Å². The third-order valence-corrected chi connectivity index (χ3v) is 4.54. The van der Waals surface area contributed by atoms with Crippen LogP contribution >= 0.6 is 0 Å². The molecule has 0 saturated carbocycles. The van der Waals surface area contributed by atoms with Gasteiger partial charge in [0.2, 0.25) is 0 Å². The fourth-order valence-corrected chi connectivity index (χ4v) is 3.14. The molecule has 1 N–H and O–H groups in total. The van der Waals surface area contributed by atoms with Crippen LogP contribution in [0, 0.1) is 0 Å². The quantitative estimate of drug-likeness (QED) is 0.716. The van der Waals surface area contributed by atoms with E-state index in [-0.39, 0.29) is 29.9 Å². The minimum atomic E-state index is -1.20. The molecule has 1 atom stereocenters. The van der Waals surface area contributed by atoms with E-state index in [0.717, 1.165) is 0 Å². The van der Waals surface area contributed by atoms with Crippen molar-refractivity contribution in [2.45, 2.75) is 6.10 Å². The van der Waals surface area contributed by atoms with Gasteiger partial charge in [0.1, 0.15) is 12.3 Å². The van der Waals surface area contributed by atoms with Gasteiger partial charge in [0.15, 0.2) is 23.3 Å². The van der Waals surface area contributed by atoms with Gasteiger partial charge in [0.25, 0.3) is 5.91 Å². The van der Waals surface area contributed by atoms with Gasteiger partial charge in [-0.15, -0.1) is 0 Å². The van der Waals surface area contributed by atoms with E-state index >= 15 is 0 Å². The van der Waals surface area contributed by atoms with Gasteiger partial charge in [-0.05, 0) is 24.3 Å². The number of carbonyl (C=O) groups excluding carboxylic acids is 1. The van der Waals surface area contributed by atoms with Crippen molar-refractivity contribution < 1.29 is 24.2 Å². The van der Waals surface area contributed by atoms with Gasteiger partial charge in [-0.1, -0.05) is 30.3 Å². The van der Waals surface area contributed by atoms with E-state index in [1.165, 1.54) is 15.6 Å². The zero-order valence-corrected chi connectivity index (χ0v) is 15.7. The fourth-order valence-electron chi connectivity index (χ4n) is 3.14. The lowest BCUT2D eigenvalue weighted by atomic mass is 10.2. The van der Waals surface area contributed by atoms with Crippen molar-refractivity contribution in [2.24, 2.45) is 0 Å². The number of carboxylic acids is 1. The summed E-state index contributed by atoms with van der Waals surface area (Å²) in [5, 5.41) is 13.4. The normalized spacial score (nSPS) is 15.0. The summed E-state index contributed by atoms with van der Waals surface area (Å²) in [6.07, 6.45) is -0.342. The molecule has 0 aliphatic carbocycles. The molecule has 148 valence electrons. The fraction of sp³-hybridized carbons (Fsp3) is 0.190. The minimum absolute atomic E-state index is 0.160. The first-order valence-corrected chi connectivity index (χ1v) is 9.05. The number of carboxylic acid groups (broad SMARTS) is 1. The van der Waals surface area contributed by atoms with Gasteiger partial charge >= 0.3 is 5.97 Å². The summed E-state index contributed by atoms with van der Waals surface area (Å²) in [5.74, 6) is -0.258. The molecule has 1 aromatic heterocycles. The van der Waals surface area contributed by atoms with Crippen LogP contribution in [0.1, 0.15) is 21.0 Å². The first-order chi connectivity index (χ1) is 14.0. The molecule has 8 nitrogen and oxygen atoms in total. The molecule has 0 bridgehead atoms. The second-order valence-corrected chi connectivity index (χ2v) is 6.65. The van der Waals surface area contributed by atoms with Crippen molar-refractivity contribution >= 4 is 11.9 Å². The number of likely N-dealkylation sites (N-methyl/N-ethyl adjacent to an activating group) is 1. The van der Waals surface area contributed by atoms with Crippen molar-refractivity contribution in [3.8, 4) is 17.2 Å².